The lowest BCUT2D eigenvalue weighted by Crippen LogP contribution is -2.23. The molecular weight excluding hydrogens is 135 g/mol. The van der Waals surface area contributed by atoms with Crippen LogP contribution in [0.2, 0.25) is 0 Å². The minimum atomic E-state index is 0.740. The summed E-state index contributed by atoms with van der Waals surface area (Å²) < 4.78 is 0. The topological polar surface area (TPSA) is 16.1 Å². The number of aromatic nitrogens is 1. The van der Waals surface area contributed by atoms with Crippen molar-refractivity contribution in [2.75, 3.05) is 11.4 Å². The van der Waals surface area contributed by atoms with Crippen LogP contribution in [0.5, 0.6) is 0 Å². The minimum Gasteiger partial charge on any atom is -0.406 e. The molecule has 52 valence electrons. The second-order valence-electron chi connectivity index (χ2n) is 2.47. The van der Waals surface area contributed by atoms with E-state index >= 15 is 0 Å². The molecule has 0 N–H and O–H groups in total. The van der Waals surface area contributed by atoms with Gasteiger partial charge in [-0.25, -0.2) is 4.98 Å². The van der Waals surface area contributed by atoms with Gasteiger partial charge in [0, 0.05) is 18.3 Å². The van der Waals surface area contributed by atoms with Gasteiger partial charge in [-0.05, 0) is 12.1 Å². The van der Waals surface area contributed by atoms with Crippen molar-refractivity contribution in [1.29, 1.82) is 0 Å². The summed E-state index contributed by atoms with van der Waals surface area (Å²) >= 11 is 0. The molecule has 11 heavy (non-hydrogen) atoms. The number of fused-ring (bicyclic) bond motifs is 1. The highest BCUT2D eigenvalue weighted by molar-refractivity contribution is 6.18. The molecule has 1 aliphatic heterocycles. The summed E-state index contributed by atoms with van der Waals surface area (Å²) in [6.07, 6.45) is 5.80. The standard InChI is InChI=1S/C8H7BN2/c9-11-6-2-4-7-3-1-5-10-8(7)11/h1-5H,6H2. The summed E-state index contributed by atoms with van der Waals surface area (Å²) in [5.74, 6) is 0.856. The van der Waals surface area contributed by atoms with E-state index in [0.717, 1.165) is 17.9 Å². The Labute approximate surface area is 67.0 Å². The van der Waals surface area contributed by atoms with E-state index in [1.807, 2.05) is 24.3 Å². The van der Waals surface area contributed by atoms with Crippen LogP contribution in [0.25, 0.3) is 6.08 Å². The van der Waals surface area contributed by atoms with Crippen molar-refractivity contribution >= 4 is 19.9 Å². The van der Waals surface area contributed by atoms with Crippen molar-refractivity contribution in [2.24, 2.45) is 0 Å². The van der Waals surface area contributed by atoms with E-state index < -0.39 is 0 Å². The first-order valence-corrected chi connectivity index (χ1v) is 3.52. The van der Waals surface area contributed by atoms with Crippen LogP contribution in [0.15, 0.2) is 24.4 Å². The Morgan fingerprint density at radius 2 is 2.45 bits per heavy atom. The minimum absolute atomic E-state index is 0.740. The lowest BCUT2D eigenvalue weighted by molar-refractivity contribution is 1.10. The van der Waals surface area contributed by atoms with E-state index in [1.165, 1.54) is 0 Å². The largest absolute Gasteiger partial charge is 0.406 e. The Morgan fingerprint density at radius 3 is 3.27 bits per heavy atom. The maximum atomic E-state index is 5.67. The summed E-state index contributed by atoms with van der Waals surface area (Å²) in [6.45, 7) is 0.740. The van der Waals surface area contributed by atoms with Crippen molar-refractivity contribution in [1.82, 2.24) is 4.98 Å². The van der Waals surface area contributed by atoms with Crippen molar-refractivity contribution in [2.45, 2.75) is 0 Å². The molecule has 1 aromatic heterocycles. The maximum absolute atomic E-state index is 5.67. The van der Waals surface area contributed by atoms with Crippen LogP contribution in [0.3, 0.4) is 0 Å². The van der Waals surface area contributed by atoms with Crippen molar-refractivity contribution in [3.05, 3.63) is 30.0 Å². The smallest absolute Gasteiger partial charge is 0.229 e. The molecule has 2 heterocycles. The number of rotatable bonds is 0. The summed E-state index contributed by atoms with van der Waals surface area (Å²) in [7, 11) is 5.67. The average Bonchev–Trinajstić information content (AvgIpc) is 2.06. The number of anilines is 1. The highest BCUT2D eigenvalue weighted by atomic mass is 15.1. The third-order valence-corrected chi connectivity index (χ3v) is 1.69. The van der Waals surface area contributed by atoms with E-state index in [2.05, 4.69) is 4.98 Å². The van der Waals surface area contributed by atoms with Gasteiger partial charge in [-0.3, -0.25) is 0 Å². The third-order valence-electron chi connectivity index (χ3n) is 1.69. The predicted molar refractivity (Wildman–Crippen MR) is 46.4 cm³/mol. The Bertz CT molecular complexity index is 296. The van der Waals surface area contributed by atoms with Crippen molar-refractivity contribution in [3.8, 4) is 0 Å². The second-order valence-corrected chi connectivity index (χ2v) is 2.47. The van der Waals surface area contributed by atoms with Gasteiger partial charge in [0.2, 0.25) is 7.98 Å². The molecule has 0 bridgehead atoms. The zero-order chi connectivity index (χ0) is 7.68. The molecule has 0 aliphatic carbocycles. The predicted octanol–water partition coefficient (Wildman–Crippen LogP) is 0.998. The molecule has 0 aromatic carbocycles. The quantitative estimate of drug-likeness (QED) is 0.502. The van der Waals surface area contributed by atoms with Gasteiger partial charge in [-0.15, -0.1) is 0 Å². The van der Waals surface area contributed by atoms with E-state index in [1.54, 1.807) is 11.0 Å². The fraction of sp³-hybridized carbons (Fsp3) is 0.125. The van der Waals surface area contributed by atoms with Gasteiger partial charge in [-0.2, -0.15) is 0 Å². The van der Waals surface area contributed by atoms with Crippen LogP contribution in [-0.4, -0.2) is 19.5 Å². The Hall–Kier alpha value is -1.25. The molecule has 2 radical (unpaired) electrons. The first-order chi connectivity index (χ1) is 5.38. The summed E-state index contributed by atoms with van der Waals surface area (Å²) in [5, 5.41) is 0. The highest BCUT2D eigenvalue weighted by Crippen LogP contribution is 2.19. The Kier molecular flexibility index (Phi) is 1.42. The van der Waals surface area contributed by atoms with Crippen LogP contribution < -0.4 is 4.81 Å². The fourth-order valence-corrected chi connectivity index (χ4v) is 1.16. The molecule has 0 unspecified atom stereocenters. The molecule has 0 atom stereocenters. The molecule has 2 nitrogen and oxygen atoms in total. The number of pyridine rings is 1. The van der Waals surface area contributed by atoms with Crippen LogP contribution in [-0.2, 0) is 0 Å². The van der Waals surface area contributed by atoms with Crippen molar-refractivity contribution < 1.29 is 0 Å². The zero-order valence-electron chi connectivity index (χ0n) is 6.07. The van der Waals surface area contributed by atoms with E-state index in [-0.39, 0.29) is 0 Å². The summed E-state index contributed by atoms with van der Waals surface area (Å²) in [4.78, 5) is 5.78. The molecule has 1 aromatic rings. The van der Waals surface area contributed by atoms with E-state index in [0.29, 0.717) is 0 Å². The lowest BCUT2D eigenvalue weighted by atomic mass is 10.1. The Balaban J connectivity index is 2.54. The van der Waals surface area contributed by atoms with E-state index in [9.17, 15) is 0 Å². The molecule has 0 spiro atoms. The number of hydrogen-bond donors (Lipinski definition) is 0. The molecule has 0 amide bonds. The van der Waals surface area contributed by atoms with Gasteiger partial charge in [0.1, 0.15) is 5.82 Å². The van der Waals surface area contributed by atoms with Crippen LogP contribution >= 0.6 is 0 Å². The van der Waals surface area contributed by atoms with Gasteiger partial charge < -0.3 is 4.81 Å². The first-order valence-electron chi connectivity index (χ1n) is 3.52. The van der Waals surface area contributed by atoms with E-state index in [4.69, 9.17) is 7.98 Å². The molecule has 1 aliphatic rings. The van der Waals surface area contributed by atoms with Gasteiger partial charge in [0.15, 0.2) is 0 Å². The van der Waals surface area contributed by atoms with Gasteiger partial charge in [0.05, 0.1) is 0 Å². The SMILES string of the molecule is [B]N1CC=Cc2cccnc21. The summed E-state index contributed by atoms with van der Waals surface area (Å²) in [6, 6.07) is 3.90. The van der Waals surface area contributed by atoms with Crippen molar-refractivity contribution in [3.63, 3.8) is 0 Å². The molecular formula is C8H7BN2. The third kappa shape index (κ3) is 1.02. The van der Waals surface area contributed by atoms with Gasteiger partial charge in [-0.1, -0.05) is 12.2 Å². The Morgan fingerprint density at radius 1 is 1.55 bits per heavy atom. The lowest BCUT2D eigenvalue weighted by Gasteiger charge is -2.22. The summed E-state index contributed by atoms with van der Waals surface area (Å²) in [5.41, 5.74) is 1.08. The van der Waals surface area contributed by atoms with Crippen LogP contribution in [0.4, 0.5) is 5.82 Å². The maximum Gasteiger partial charge on any atom is 0.229 e. The molecule has 0 saturated heterocycles. The van der Waals surface area contributed by atoms with Crippen LogP contribution in [0, 0.1) is 0 Å². The van der Waals surface area contributed by atoms with Gasteiger partial charge >= 0.3 is 0 Å². The monoisotopic (exact) mass is 142 g/mol. The highest BCUT2D eigenvalue weighted by Gasteiger charge is 2.07. The molecule has 3 heteroatoms. The first kappa shape index (κ1) is 6.46. The fourth-order valence-electron chi connectivity index (χ4n) is 1.16. The van der Waals surface area contributed by atoms with Gasteiger partial charge in [0.25, 0.3) is 0 Å². The number of hydrogen-bond acceptors (Lipinski definition) is 2. The molecule has 0 saturated carbocycles. The number of nitrogens with zero attached hydrogens (tertiary/aromatic N) is 2. The normalized spacial score (nSPS) is 14.7. The van der Waals surface area contributed by atoms with Crippen LogP contribution in [0.1, 0.15) is 5.56 Å². The zero-order valence-corrected chi connectivity index (χ0v) is 6.07. The molecule has 0 fully saturated rings. The molecule has 2 rings (SSSR count). The average molecular weight is 142 g/mol. The second kappa shape index (κ2) is 2.42.